The summed E-state index contributed by atoms with van der Waals surface area (Å²) in [6.07, 6.45) is 0.836. The lowest BCUT2D eigenvalue weighted by Gasteiger charge is -2.07. The fraction of sp³-hybridized carbons (Fsp3) is 0.333. The van der Waals surface area contributed by atoms with E-state index in [4.69, 9.17) is 28.9 Å². The predicted octanol–water partition coefficient (Wildman–Crippen LogP) is 2.34. The summed E-state index contributed by atoms with van der Waals surface area (Å²) in [6, 6.07) is 3.50. The molecule has 72 valence electrons. The molecule has 0 fully saturated rings. The second-order valence-corrected chi connectivity index (χ2v) is 3.66. The van der Waals surface area contributed by atoms with Gasteiger partial charge in [0.15, 0.2) is 0 Å². The van der Waals surface area contributed by atoms with Crippen molar-refractivity contribution in [1.82, 2.24) is 5.32 Å². The molecular weight excluding hydrogens is 207 g/mol. The number of nitrogens with one attached hydrogen (secondary N) is 1. The first-order chi connectivity index (χ1) is 6.15. The van der Waals surface area contributed by atoms with Gasteiger partial charge in [0.05, 0.1) is 10.7 Å². The second-order valence-electron chi connectivity index (χ2n) is 2.81. The van der Waals surface area contributed by atoms with Gasteiger partial charge in [-0.2, -0.15) is 0 Å². The van der Waals surface area contributed by atoms with Crippen LogP contribution >= 0.6 is 23.2 Å². The predicted molar refractivity (Wildman–Crippen MR) is 58.5 cm³/mol. The highest BCUT2D eigenvalue weighted by Gasteiger charge is 2.04. The van der Waals surface area contributed by atoms with Gasteiger partial charge in [0, 0.05) is 5.02 Å². The molecule has 0 spiro atoms. The Balaban J connectivity index is 2.92. The van der Waals surface area contributed by atoms with Crippen LogP contribution in [0.3, 0.4) is 0 Å². The van der Waals surface area contributed by atoms with Gasteiger partial charge in [-0.25, -0.2) is 0 Å². The van der Waals surface area contributed by atoms with Crippen LogP contribution in [0.4, 0.5) is 5.69 Å². The SMILES string of the molecule is CNCCc1cc(Cl)cc(Cl)c1N. The van der Waals surface area contributed by atoms with Crippen molar-refractivity contribution in [3.05, 3.63) is 27.7 Å². The molecule has 0 atom stereocenters. The van der Waals surface area contributed by atoms with Crippen molar-refractivity contribution in [2.45, 2.75) is 6.42 Å². The Bertz CT molecular complexity index is 300. The number of rotatable bonds is 3. The third-order valence-corrected chi connectivity index (χ3v) is 2.36. The van der Waals surface area contributed by atoms with Crippen LogP contribution in [0, 0.1) is 0 Å². The minimum Gasteiger partial charge on any atom is -0.397 e. The Labute approximate surface area is 88.0 Å². The van der Waals surface area contributed by atoms with Gasteiger partial charge in [-0.1, -0.05) is 23.2 Å². The average molecular weight is 219 g/mol. The fourth-order valence-corrected chi connectivity index (χ4v) is 1.64. The average Bonchev–Trinajstić information content (AvgIpc) is 2.09. The normalized spacial score (nSPS) is 10.4. The number of hydrogen-bond donors (Lipinski definition) is 2. The fourth-order valence-electron chi connectivity index (χ4n) is 1.10. The van der Waals surface area contributed by atoms with Crippen LogP contribution in [0.2, 0.25) is 10.0 Å². The maximum atomic E-state index is 5.87. The van der Waals surface area contributed by atoms with E-state index in [1.54, 1.807) is 6.07 Å². The van der Waals surface area contributed by atoms with Gasteiger partial charge >= 0.3 is 0 Å². The van der Waals surface area contributed by atoms with Crippen LogP contribution in [0.15, 0.2) is 12.1 Å². The van der Waals surface area contributed by atoms with Crippen molar-refractivity contribution < 1.29 is 0 Å². The van der Waals surface area contributed by atoms with Crippen LogP contribution in [0.5, 0.6) is 0 Å². The molecule has 4 heteroatoms. The maximum Gasteiger partial charge on any atom is 0.0653 e. The minimum atomic E-state index is 0.526. The summed E-state index contributed by atoms with van der Waals surface area (Å²) in [5, 5.41) is 4.20. The van der Waals surface area contributed by atoms with Crippen LogP contribution in [0.25, 0.3) is 0 Å². The molecule has 1 rings (SSSR count). The first kappa shape index (κ1) is 10.6. The number of nitrogen functional groups attached to an aromatic ring is 1. The van der Waals surface area contributed by atoms with E-state index >= 15 is 0 Å². The molecule has 13 heavy (non-hydrogen) atoms. The van der Waals surface area contributed by atoms with Crippen LogP contribution in [0.1, 0.15) is 5.56 Å². The third-order valence-electron chi connectivity index (χ3n) is 1.82. The standard InChI is InChI=1S/C9H12Cl2N2/c1-13-3-2-6-4-7(10)5-8(11)9(6)12/h4-5,13H,2-3,12H2,1H3. The zero-order chi connectivity index (χ0) is 9.84. The molecule has 0 saturated heterocycles. The Hall–Kier alpha value is -0.440. The Morgan fingerprint density at radius 1 is 1.38 bits per heavy atom. The van der Waals surface area contributed by atoms with E-state index < -0.39 is 0 Å². The molecule has 0 aliphatic heterocycles. The molecule has 1 aromatic carbocycles. The number of benzene rings is 1. The zero-order valence-electron chi connectivity index (χ0n) is 7.40. The van der Waals surface area contributed by atoms with E-state index in [1.807, 2.05) is 13.1 Å². The topological polar surface area (TPSA) is 38.0 Å². The van der Waals surface area contributed by atoms with Crippen molar-refractivity contribution in [3.8, 4) is 0 Å². The highest BCUT2D eigenvalue weighted by Crippen LogP contribution is 2.27. The Morgan fingerprint density at radius 2 is 2.08 bits per heavy atom. The van der Waals surface area contributed by atoms with Crippen LogP contribution in [-0.2, 0) is 6.42 Å². The van der Waals surface area contributed by atoms with Gasteiger partial charge in [0.2, 0.25) is 0 Å². The van der Waals surface area contributed by atoms with Crippen molar-refractivity contribution >= 4 is 28.9 Å². The number of nitrogens with two attached hydrogens (primary N) is 1. The first-order valence-corrected chi connectivity index (χ1v) is 4.78. The molecular formula is C9H12Cl2N2. The summed E-state index contributed by atoms with van der Waals surface area (Å²) in [6.45, 7) is 0.862. The number of halogens is 2. The van der Waals surface area contributed by atoms with Gasteiger partial charge in [0.1, 0.15) is 0 Å². The summed E-state index contributed by atoms with van der Waals surface area (Å²) >= 11 is 11.7. The molecule has 0 aliphatic carbocycles. The zero-order valence-corrected chi connectivity index (χ0v) is 8.91. The lowest BCUT2D eigenvalue weighted by molar-refractivity contribution is 0.793. The molecule has 0 radical (unpaired) electrons. The molecule has 1 aromatic rings. The van der Waals surface area contributed by atoms with Gasteiger partial charge in [-0.15, -0.1) is 0 Å². The molecule has 2 nitrogen and oxygen atoms in total. The van der Waals surface area contributed by atoms with Crippen molar-refractivity contribution in [2.24, 2.45) is 0 Å². The van der Waals surface area contributed by atoms with Gasteiger partial charge < -0.3 is 11.1 Å². The molecule has 0 heterocycles. The smallest absolute Gasteiger partial charge is 0.0653 e. The van der Waals surface area contributed by atoms with Crippen LogP contribution < -0.4 is 11.1 Å². The van der Waals surface area contributed by atoms with Crippen LogP contribution in [-0.4, -0.2) is 13.6 Å². The summed E-state index contributed by atoms with van der Waals surface area (Å²) < 4.78 is 0. The van der Waals surface area contributed by atoms with Crippen molar-refractivity contribution in [3.63, 3.8) is 0 Å². The summed E-state index contributed by atoms with van der Waals surface area (Å²) in [7, 11) is 1.89. The molecule has 0 aliphatic rings. The molecule has 3 N–H and O–H groups in total. The largest absolute Gasteiger partial charge is 0.397 e. The lowest BCUT2D eigenvalue weighted by Crippen LogP contribution is -2.11. The van der Waals surface area contributed by atoms with Crippen molar-refractivity contribution in [2.75, 3.05) is 19.3 Å². The Morgan fingerprint density at radius 3 is 2.69 bits per heavy atom. The molecule has 0 saturated carbocycles. The lowest BCUT2D eigenvalue weighted by atomic mass is 10.1. The van der Waals surface area contributed by atoms with Gasteiger partial charge in [0.25, 0.3) is 0 Å². The van der Waals surface area contributed by atoms with Crippen molar-refractivity contribution in [1.29, 1.82) is 0 Å². The first-order valence-electron chi connectivity index (χ1n) is 4.03. The van der Waals surface area contributed by atoms with E-state index in [9.17, 15) is 0 Å². The number of likely N-dealkylation sites (N-methyl/N-ethyl adjacent to an activating group) is 1. The van der Waals surface area contributed by atoms with Gasteiger partial charge in [-0.05, 0) is 37.7 Å². The number of hydrogen-bond acceptors (Lipinski definition) is 2. The highest BCUT2D eigenvalue weighted by molar-refractivity contribution is 6.36. The molecule has 0 bridgehead atoms. The van der Waals surface area contributed by atoms with E-state index in [0.29, 0.717) is 15.7 Å². The highest BCUT2D eigenvalue weighted by atomic mass is 35.5. The summed E-state index contributed by atoms with van der Waals surface area (Å²) in [4.78, 5) is 0. The van der Waals surface area contributed by atoms with E-state index in [0.717, 1.165) is 18.5 Å². The summed E-state index contributed by atoms with van der Waals surface area (Å²) in [5.74, 6) is 0. The third kappa shape index (κ3) is 2.76. The maximum absolute atomic E-state index is 5.87. The Kier molecular flexibility index (Phi) is 3.85. The van der Waals surface area contributed by atoms with E-state index in [2.05, 4.69) is 5.32 Å². The van der Waals surface area contributed by atoms with E-state index in [-0.39, 0.29) is 0 Å². The monoisotopic (exact) mass is 218 g/mol. The van der Waals surface area contributed by atoms with Gasteiger partial charge in [-0.3, -0.25) is 0 Å². The second kappa shape index (κ2) is 4.70. The summed E-state index contributed by atoms with van der Waals surface area (Å²) in [5.41, 5.74) is 7.39. The molecule has 0 unspecified atom stereocenters. The van der Waals surface area contributed by atoms with E-state index in [1.165, 1.54) is 0 Å². The quantitative estimate of drug-likeness (QED) is 0.765. The molecule has 0 aromatic heterocycles. The number of anilines is 1. The molecule has 0 amide bonds. The minimum absolute atomic E-state index is 0.526.